The number of anilines is 2. The van der Waals surface area contributed by atoms with Gasteiger partial charge in [0.25, 0.3) is 5.91 Å². The average molecular weight is 374 g/mol. The number of hydrogen-bond acceptors (Lipinski definition) is 3. The lowest BCUT2D eigenvalue weighted by molar-refractivity contribution is -0.118. The van der Waals surface area contributed by atoms with Crippen LogP contribution in [0.4, 0.5) is 15.8 Å². The van der Waals surface area contributed by atoms with Crippen molar-refractivity contribution in [2.45, 2.75) is 0 Å². The van der Waals surface area contributed by atoms with Crippen molar-refractivity contribution in [1.29, 1.82) is 0 Å². The molecule has 3 N–H and O–H groups in total. The lowest BCUT2D eigenvalue weighted by Crippen LogP contribution is -2.20. The second-order valence-corrected chi connectivity index (χ2v) is 5.41. The van der Waals surface area contributed by atoms with Crippen molar-refractivity contribution >= 4 is 44.8 Å². The van der Waals surface area contributed by atoms with Gasteiger partial charge in [-0.15, -0.1) is 0 Å². The topological polar surface area (TPSA) is 64.3 Å². The molecule has 0 aliphatic heterocycles. The summed E-state index contributed by atoms with van der Waals surface area (Å²) in [5, 5.41) is 2.65. The summed E-state index contributed by atoms with van der Waals surface area (Å²) in [7, 11) is 0. The maximum atomic E-state index is 13.2. The number of carbonyl (C=O) groups excluding carboxylic acids is 1. The van der Waals surface area contributed by atoms with E-state index in [0.717, 1.165) is 6.07 Å². The molecule has 0 radical (unpaired) electrons. The minimum absolute atomic E-state index is 0.00222. The summed E-state index contributed by atoms with van der Waals surface area (Å²) >= 11 is 8.84. The predicted molar refractivity (Wildman–Crippen MR) is 84.1 cm³/mol. The molecule has 2 aromatic rings. The number of benzene rings is 2. The summed E-state index contributed by atoms with van der Waals surface area (Å²) in [4.78, 5) is 11.8. The molecule has 0 atom stereocenters. The Morgan fingerprint density at radius 1 is 1.33 bits per heavy atom. The molecule has 0 fully saturated rings. The van der Waals surface area contributed by atoms with Crippen LogP contribution in [0.15, 0.2) is 40.9 Å². The molecule has 7 heteroatoms. The maximum Gasteiger partial charge on any atom is 0.262 e. The fourth-order valence-electron chi connectivity index (χ4n) is 1.53. The maximum absolute atomic E-state index is 13.2. The minimum Gasteiger partial charge on any atom is -0.484 e. The highest BCUT2D eigenvalue weighted by Gasteiger charge is 2.08. The van der Waals surface area contributed by atoms with Crippen LogP contribution in [0.25, 0.3) is 0 Å². The highest BCUT2D eigenvalue weighted by Crippen LogP contribution is 2.24. The summed E-state index contributed by atoms with van der Waals surface area (Å²) in [6.07, 6.45) is 0. The predicted octanol–water partition coefficient (Wildman–Crippen LogP) is 3.84. The number of rotatable bonds is 4. The molecule has 2 rings (SSSR count). The van der Waals surface area contributed by atoms with Crippen molar-refractivity contribution in [3.8, 4) is 5.75 Å². The van der Waals surface area contributed by atoms with Crippen LogP contribution >= 0.6 is 27.5 Å². The van der Waals surface area contributed by atoms with E-state index in [4.69, 9.17) is 22.1 Å². The fourth-order valence-corrected chi connectivity index (χ4v) is 2.15. The Kier molecular flexibility index (Phi) is 5.03. The highest BCUT2D eigenvalue weighted by molar-refractivity contribution is 9.10. The van der Waals surface area contributed by atoms with Crippen molar-refractivity contribution in [2.75, 3.05) is 17.7 Å². The monoisotopic (exact) mass is 372 g/mol. The van der Waals surface area contributed by atoms with E-state index >= 15 is 0 Å². The van der Waals surface area contributed by atoms with Gasteiger partial charge in [0.05, 0.1) is 10.7 Å². The molecule has 4 nitrogen and oxygen atoms in total. The molecule has 0 aliphatic carbocycles. The lowest BCUT2D eigenvalue weighted by atomic mass is 10.3. The van der Waals surface area contributed by atoms with Gasteiger partial charge in [-0.2, -0.15) is 0 Å². The minimum atomic E-state index is -0.601. The summed E-state index contributed by atoms with van der Waals surface area (Å²) in [6.45, 7) is -0.252. The second-order valence-electron chi connectivity index (χ2n) is 4.15. The van der Waals surface area contributed by atoms with Gasteiger partial charge in [-0.25, -0.2) is 4.39 Å². The highest BCUT2D eigenvalue weighted by atomic mass is 79.9. The van der Waals surface area contributed by atoms with Crippen molar-refractivity contribution in [3.05, 3.63) is 51.7 Å². The van der Waals surface area contributed by atoms with Gasteiger partial charge in [0.1, 0.15) is 11.6 Å². The Balaban J connectivity index is 1.94. The first kappa shape index (κ1) is 15.6. The fraction of sp³-hybridized carbons (Fsp3) is 0.0714. The molecule has 21 heavy (non-hydrogen) atoms. The van der Waals surface area contributed by atoms with E-state index in [1.807, 2.05) is 0 Å². The van der Waals surface area contributed by atoms with Gasteiger partial charge in [0.2, 0.25) is 0 Å². The van der Waals surface area contributed by atoms with E-state index in [2.05, 4.69) is 21.2 Å². The molecule has 0 saturated carbocycles. The summed E-state index contributed by atoms with van der Waals surface area (Å²) in [5.74, 6) is -0.755. The van der Waals surface area contributed by atoms with E-state index in [-0.39, 0.29) is 23.3 Å². The third-order valence-corrected chi connectivity index (χ3v) is 3.49. The van der Waals surface area contributed by atoms with Crippen LogP contribution in [0.2, 0.25) is 5.02 Å². The number of hydrogen-bond donors (Lipinski definition) is 2. The molecule has 0 spiro atoms. The van der Waals surface area contributed by atoms with Crippen molar-refractivity contribution in [3.63, 3.8) is 0 Å². The Bertz CT molecular complexity index is 682. The van der Waals surface area contributed by atoms with Crippen LogP contribution in [-0.2, 0) is 4.79 Å². The van der Waals surface area contributed by atoms with Gasteiger partial charge in [-0.1, -0.05) is 11.6 Å². The number of ether oxygens (including phenoxy) is 1. The van der Waals surface area contributed by atoms with Gasteiger partial charge in [-0.3, -0.25) is 4.79 Å². The van der Waals surface area contributed by atoms with E-state index < -0.39 is 5.82 Å². The van der Waals surface area contributed by atoms with Gasteiger partial charge in [0.15, 0.2) is 6.61 Å². The SMILES string of the molecule is Nc1ccc(NC(=O)COc2ccc(Cl)c(F)c2)c(Br)c1. The summed E-state index contributed by atoms with van der Waals surface area (Å²) in [6, 6.07) is 8.97. The number of nitrogens with two attached hydrogens (primary N) is 1. The third kappa shape index (κ3) is 4.34. The van der Waals surface area contributed by atoms with Gasteiger partial charge >= 0.3 is 0 Å². The first-order valence-electron chi connectivity index (χ1n) is 5.88. The molecule has 0 saturated heterocycles. The Morgan fingerprint density at radius 2 is 2.10 bits per heavy atom. The van der Waals surface area contributed by atoms with E-state index in [1.54, 1.807) is 18.2 Å². The summed E-state index contributed by atoms with van der Waals surface area (Å²) in [5.41, 5.74) is 6.75. The first-order valence-corrected chi connectivity index (χ1v) is 7.05. The van der Waals surface area contributed by atoms with Gasteiger partial charge in [-0.05, 0) is 46.3 Å². The molecular weight excluding hydrogens is 363 g/mol. The molecule has 0 aromatic heterocycles. The van der Waals surface area contributed by atoms with Crippen LogP contribution in [0, 0.1) is 5.82 Å². The lowest BCUT2D eigenvalue weighted by Gasteiger charge is -2.09. The van der Waals surface area contributed by atoms with Crippen LogP contribution in [-0.4, -0.2) is 12.5 Å². The Hall–Kier alpha value is -1.79. The quantitative estimate of drug-likeness (QED) is 0.800. The zero-order chi connectivity index (χ0) is 15.4. The Morgan fingerprint density at radius 3 is 2.76 bits per heavy atom. The molecule has 1 amide bonds. The van der Waals surface area contributed by atoms with Crippen molar-refractivity contribution in [1.82, 2.24) is 0 Å². The first-order chi connectivity index (χ1) is 9.95. The third-order valence-electron chi connectivity index (χ3n) is 2.53. The zero-order valence-corrected chi connectivity index (χ0v) is 13.0. The standard InChI is InChI=1S/C14H11BrClFN2O2/c15-10-5-8(18)1-4-13(10)19-14(20)7-21-9-2-3-11(16)12(17)6-9/h1-6H,7,18H2,(H,19,20). The number of amides is 1. The normalized spacial score (nSPS) is 10.2. The van der Waals surface area contributed by atoms with E-state index in [1.165, 1.54) is 12.1 Å². The molecular formula is C14H11BrClFN2O2. The van der Waals surface area contributed by atoms with Crippen molar-refractivity contribution in [2.24, 2.45) is 0 Å². The molecule has 2 aromatic carbocycles. The summed E-state index contributed by atoms with van der Waals surface area (Å²) < 4.78 is 19.1. The second kappa shape index (κ2) is 6.78. The number of nitrogens with one attached hydrogen (secondary N) is 1. The van der Waals surface area contributed by atoms with Crippen LogP contribution in [0.1, 0.15) is 0 Å². The largest absolute Gasteiger partial charge is 0.484 e. The zero-order valence-electron chi connectivity index (χ0n) is 10.7. The van der Waals surface area contributed by atoms with Gasteiger partial charge < -0.3 is 15.8 Å². The molecule has 0 bridgehead atoms. The smallest absolute Gasteiger partial charge is 0.262 e. The van der Waals surface area contributed by atoms with Crippen molar-refractivity contribution < 1.29 is 13.9 Å². The number of halogens is 3. The van der Waals surface area contributed by atoms with E-state index in [9.17, 15) is 9.18 Å². The Labute approximate surface area is 134 Å². The number of nitrogen functional groups attached to an aromatic ring is 1. The van der Waals surface area contributed by atoms with Crippen LogP contribution in [0.5, 0.6) is 5.75 Å². The molecule has 0 aliphatic rings. The van der Waals surface area contributed by atoms with Gasteiger partial charge in [0, 0.05) is 16.2 Å². The van der Waals surface area contributed by atoms with Crippen LogP contribution in [0.3, 0.4) is 0 Å². The average Bonchev–Trinajstić information content (AvgIpc) is 2.43. The van der Waals surface area contributed by atoms with E-state index in [0.29, 0.717) is 15.8 Å². The van der Waals surface area contributed by atoms with Crippen LogP contribution < -0.4 is 15.8 Å². The number of carbonyl (C=O) groups is 1. The molecule has 110 valence electrons. The molecule has 0 heterocycles. The molecule has 0 unspecified atom stereocenters.